The van der Waals surface area contributed by atoms with E-state index in [4.69, 9.17) is 0 Å². The molecule has 154 valence electrons. The maximum absolute atomic E-state index is 12.3. The maximum atomic E-state index is 12.3. The van der Waals surface area contributed by atoms with Crippen molar-refractivity contribution < 1.29 is 18.0 Å². The van der Waals surface area contributed by atoms with Gasteiger partial charge in [-0.1, -0.05) is 35.9 Å². The topological polar surface area (TPSA) is 104 Å². The third kappa shape index (κ3) is 5.85. The van der Waals surface area contributed by atoms with Crippen molar-refractivity contribution in [1.29, 1.82) is 0 Å². The molecule has 0 bridgehead atoms. The molecule has 30 heavy (non-hydrogen) atoms. The number of hydrogen-bond donors (Lipinski definition) is 3. The van der Waals surface area contributed by atoms with E-state index in [0.717, 1.165) is 10.5 Å². The second-order valence-corrected chi connectivity index (χ2v) is 8.86. The Morgan fingerprint density at radius 3 is 2.10 bits per heavy atom. The van der Waals surface area contributed by atoms with Crippen LogP contribution in [0.1, 0.15) is 15.9 Å². The Morgan fingerprint density at radius 2 is 1.47 bits per heavy atom. The van der Waals surface area contributed by atoms with Crippen molar-refractivity contribution in [1.82, 2.24) is 9.44 Å². The zero-order valence-electron chi connectivity index (χ0n) is 16.0. The molecule has 0 unspecified atom stereocenters. The van der Waals surface area contributed by atoms with Crippen LogP contribution in [0.25, 0.3) is 0 Å². The van der Waals surface area contributed by atoms with Crippen molar-refractivity contribution in [3.8, 4) is 0 Å². The van der Waals surface area contributed by atoms with Gasteiger partial charge < -0.3 is 5.32 Å². The number of benzene rings is 3. The molecular weight excluding hydrogens is 422 g/mol. The first-order chi connectivity index (χ1) is 14.3. The highest BCUT2D eigenvalue weighted by atomic mass is 32.2. The van der Waals surface area contributed by atoms with Gasteiger partial charge in [-0.3, -0.25) is 9.52 Å². The molecule has 0 saturated carbocycles. The lowest BCUT2D eigenvalue weighted by molar-refractivity contribution is 0.0981. The van der Waals surface area contributed by atoms with E-state index in [1.54, 1.807) is 12.1 Å². The summed E-state index contributed by atoms with van der Waals surface area (Å²) in [6.07, 6.45) is 0. The molecule has 0 heterocycles. The molecule has 0 aliphatic carbocycles. The van der Waals surface area contributed by atoms with Crippen molar-refractivity contribution in [3.05, 3.63) is 90.0 Å². The van der Waals surface area contributed by atoms with Crippen LogP contribution in [0, 0.1) is 6.92 Å². The molecule has 3 N–H and O–H groups in total. The highest BCUT2D eigenvalue weighted by Crippen LogP contribution is 2.15. The van der Waals surface area contributed by atoms with Gasteiger partial charge in [-0.2, -0.15) is 0 Å². The fourth-order valence-corrected chi connectivity index (χ4v) is 3.94. The average Bonchev–Trinajstić information content (AvgIpc) is 2.73. The van der Waals surface area contributed by atoms with Crippen LogP contribution in [0.2, 0.25) is 0 Å². The van der Waals surface area contributed by atoms with Gasteiger partial charge in [0, 0.05) is 16.1 Å². The molecule has 0 saturated heterocycles. The SMILES string of the molecule is Cc1ccc(S(=O)(=O)NC(=O)c2ccc(NC(=O)NSc3ccccc3)cc2)cc1. The first-order valence-corrected chi connectivity index (χ1v) is 11.2. The van der Waals surface area contributed by atoms with Gasteiger partial charge in [-0.05, 0) is 67.4 Å². The molecular formula is C21H19N3O4S2. The van der Waals surface area contributed by atoms with Gasteiger partial charge in [-0.25, -0.2) is 17.9 Å². The molecule has 9 heteroatoms. The number of amides is 3. The summed E-state index contributed by atoms with van der Waals surface area (Å²) in [5.74, 6) is -0.758. The highest BCUT2D eigenvalue weighted by Gasteiger charge is 2.18. The Morgan fingerprint density at radius 1 is 0.833 bits per heavy atom. The quantitative estimate of drug-likeness (QED) is 0.503. The third-order valence-electron chi connectivity index (χ3n) is 3.97. The second-order valence-electron chi connectivity index (χ2n) is 6.30. The summed E-state index contributed by atoms with van der Waals surface area (Å²) in [5.41, 5.74) is 1.52. The number of rotatable bonds is 6. The van der Waals surface area contributed by atoms with Crippen LogP contribution < -0.4 is 14.8 Å². The van der Waals surface area contributed by atoms with Crippen LogP contribution in [-0.2, 0) is 10.0 Å². The molecule has 0 aromatic heterocycles. The summed E-state index contributed by atoms with van der Waals surface area (Å²) < 4.78 is 29.3. The summed E-state index contributed by atoms with van der Waals surface area (Å²) in [4.78, 5) is 25.2. The predicted octanol–water partition coefficient (Wildman–Crippen LogP) is 3.94. The Hall–Kier alpha value is -3.30. The van der Waals surface area contributed by atoms with Gasteiger partial charge in [0.2, 0.25) is 0 Å². The van der Waals surface area contributed by atoms with E-state index in [1.165, 1.54) is 48.3 Å². The third-order valence-corrected chi connectivity index (χ3v) is 6.11. The molecule has 3 aromatic carbocycles. The molecule has 3 amide bonds. The minimum Gasteiger partial charge on any atom is -0.307 e. The van der Waals surface area contributed by atoms with Crippen LogP contribution >= 0.6 is 11.9 Å². The number of carbonyl (C=O) groups excluding carboxylic acids is 2. The van der Waals surface area contributed by atoms with Crippen molar-refractivity contribution in [2.24, 2.45) is 0 Å². The number of carbonyl (C=O) groups is 2. The van der Waals surface area contributed by atoms with Crippen molar-refractivity contribution in [2.75, 3.05) is 5.32 Å². The van der Waals surface area contributed by atoms with E-state index in [9.17, 15) is 18.0 Å². The predicted molar refractivity (Wildman–Crippen MR) is 117 cm³/mol. The molecule has 0 fully saturated rings. The lowest BCUT2D eigenvalue weighted by Gasteiger charge is -2.09. The van der Waals surface area contributed by atoms with Crippen LogP contribution in [0.3, 0.4) is 0 Å². The maximum Gasteiger partial charge on any atom is 0.329 e. The van der Waals surface area contributed by atoms with Gasteiger partial charge >= 0.3 is 6.03 Å². The summed E-state index contributed by atoms with van der Waals surface area (Å²) in [7, 11) is -3.97. The second kappa shape index (κ2) is 9.47. The number of urea groups is 1. The summed E-state index contributed by atoms with van der Waals surface area (Å²) in [5, 5.41) is 2.64. The monoisotopic (exact) mass is 441 g/mol. The summed E-state index contributed by atoms with van der Waals surface area (Å²) >= 11 is 1.17. The average molecular weight is 442 g/mol. The smallest absolute Gasteiger partial charge is 0.307 e. The molecule has 0 atom stereocenters. The summed E-state index contributed by atoms with van der Waals surface area (Å²) in [6, 6.07) is 21.0. The fraction of sp³-hybridized carbons (Fsp3) is 0.0476. The van der Waals surface area contributed by atoms with Crippen molar-refractivity contribution in [2.45, 2.75) is 16.7 Å². The van der Waals surface area contributed by atoms with E-state index in [1.807, 2.05) is 42.0 Å². The largest absolute Gasteiger partial charge is 0.329 e. The highest BCUT2D eigenvalue weighted by molar-refractivity contribution is 7.98. The minimum absolute atomic E-state index is 0.00678. The molecule has 3 aromatic rings. The van der Waals surface area contributed by atoms with E-state index in [-0.39, 0.29) is 10.5 Å². The number of nitrogens with one attached hydrogen (secondary N) is 3. The van der Waals surface area contributed by atoms with Crippen LogP contribution in [0.15, 0.2) is 88.7 Å². The number of hydrogen-bond acceptors (Lipinski definition) is 5. The Balaban J connectivity index is 1.57. The minimum atomic E-state index is -3.97. The normalized spacial score (nSPS) is 10.8. The van der Waals surface area contributed by atoms with Gasteiger partial charge in [0.25, 0.3) is 15.9 Å². The molecule has 7 nitrogen and oxygen atoms in total. The fourth-order valence-electron chi connectivity index (χ4n) is 2.41. The van der Waals surface area contributed by atoms with Crippen LogP contribution in [0.4, 0.5) is 10.5 Å². The zero-order valence-corrected chi connectivity index (χ0v) is 17.6. The molecule has 0 radical (unpaired) electrons. The molecule has 0 aliphatic rings. The summed E-state index contributed by atoms with van der Waals surface area (Å²) in [6.45, 7) is 1.84. The lowest BCUT2D eigenvalue weighted by Crippen LogP contribution is -2.30. The van der Waals surface area contributed by atoms with Crippen molar-refractivity contribution in [3.63, 3.8) is 0 Å². The van der Waals surface area contributed by atoms with Crippen LogP contribution in [-0.4, -0.2) is 20.4 Å². The Kier molecular flexibility index (Phi) is 6.76. The first kappa shape index (κ1) is 21.4. The number of anilines is 1. The van der Waals surface area contributed by atoms with Crippen molar-refractivity contribution >= 4 is 39.6 Å². The van der Waals surface area contributed by atoms with E-state index in [2.05, 4.69) is 10.0 Å². The van der Waals surface area contributed by atoms with E-state index >= 15 is 0 Å². The van der Waals surface area contributed by atoms with Crippen LogP contribution in [0.5, 0.6) is 0 Å². The first-order valence-electron chi connectivity index (χ1n) is 8.86. The van der Waals surface area contributed by atoms with E-state index < -0.39 is 22.0 Å². The van der Waals surface area contributed by atoms with E-state index in [0.29, 0.717) is 5.69 Å². The Labute approximate surface area is 179 Å². The molecule has 0 spiro atoms. The van der Waals surface area contributed by atoms with Gasteiger partial charge in [0.05, 0.1) is 4.90 Å². The van der Waals surface area contributed by atoms with Gasteiger partial charge in [0.1, 0.15) is 0 Å². The Bertz CT molecular complexity index is 1130. The molecule has 3 rings (SSSR count). The number of aryl methyl sites for hydroxylation is 1. The van der Waals surface area contributed by atoms with Gasteiger partial charge in [0.15, 0.2) is 0 Å². The molecule has 0 aliphatic heterocycles. The number of sulfonamides is 1. The van der Waals surface area contributed by atoms with Gasteiger partial charge in [-0.15, -0.1) is 0 Å². The lowest BCUT2D eigenvalue weighted by atomic mass is 10.2. The standard InChI is InChI=1S/C21H19N3O4S2/c1-15-7-13-19(14-8-15)30(27,28)24-20(25)16-9-11-17(12-10-16)22-21(26)23-29-18-5-3-2-4-6-18/h2-14H,1H3,(H,24,25)(H2,22,23,26). The zero-order chi connectivity index (χ0) is 21.6.